The molecule has 27 heavy (non-hydrogen) atoms. The van der Waals surface area contributed by atoms with E-state index in [4.69, 9.17) is 4.74 Å². The van der Waals surface area contributed by atoms with Gasteiger partial charge >= 0.3 is 0 Å². The topological polar surface area (TPSA) is 88.2 Å². The van der Waals surface area contributed by atoms with Gasteiger partial charge in [0.25, 0.3) is 0 Å². The number of methoxy groups -OCH3 is 1. The summed E-state index contributed by atoms with van der Waals surface area (Å²) in [7, 11) is -1.91. The molecule has 1 aromatic heterocycles. The summed E-state index contributed by atoms with van der Waals surface area (Å²) in [4.78, 5) is 4.61. The molecule has 2 heterocycles. The third-order valence-electron chi connectivity index (χ3n) is 5.26. The van der Waals surface area contributed by atoms with E-state index in [1.807, 2.05) is 0 Å². The summed E-state index contributed by atoms with van der Waals surface area (Å²) in [6, 6.07) is 5.56. The molecule has 1 aliphatic carbocycles. The Morgan fingerprint density at radius 1 is 1.26 bits per heavy atom. The smallest absolute Gasteiger partial charge is 0.218 e. The fourth-order valence-electron chi connectivity index (χ4n) is 3.61. The molecule has 2 aromatic rings. The maximum atomic E-state index is 13.1. The lowest BCUT2D eigenvalue weighted by Crippen LogP contribution is -2.30. The predicted octanol–water partition coefficient (Wildman–Crippen LogP) is 2.01. The normalized spacial score (nSPS) is 23.8. The van der Waals surface area contributed by atoms with Crippen molar-refractivity contribution in [3.8, 4) is 0 Å². The highest BCUT2D eigenvalue weighted by molar-refractivity contribution is 7.88. The van der Waals surface area contributed by atoms with Crippen LogP contribution in [0.5, 0.6) is 0 Å². The molecule has 7 nitrogen and oxygen atoms in total. The largest absolute Gasteiger partial charge is 0.384 e. The van der Waals surface area contributed by atoms with Gasteiger partial charge in [0.1, 0.15) is 11.6 Å². The molecule has 1 saturated heterocycles. The lowest BCUT2D eigenvalue weighted by Gasteiger charge is -2.16. The molecule has 0 radical (unpaired) electrons. The van der Waals surface area contributed by atoms with Gasteiger partial charge in [0, 0.05) is 38.0 Å². The highest BCUT2D eigenvalue weighted by Gasteiger charge is 2.41. The molecule has 9 heteroatoms. The van der Waals surface area contributed by atoms with Gasteiger partial charge in [-0.05, 0) is 30.5 Å². The van der Waals surface area contributed by atoms with Crippen molar-refractivity contribution in [3.05, 3.63) is 47.3 Å². The summed E-state index contributed by atoms with van der Waals surface area (Å²) < 4.78 is 45.6. The summed E-state index contributed by atoms with van der Waals surface area (Å²) in [5.74, 6) is 1.41. The second-order valence-electron chi connectivity index (χ2n) is 7.37. The van der Waals surface area contributed by atoms with E-state index in [0.717, 1.165) is 24.5 Å². The van der Waals surface area contributed by atoms with Crippen LogP contribution in [0, 0.1) is 11.7 Å². The predicted molar refractivity (Wildman–Crippen MR) is 97.1 cm³/mol. The summed E-state index contributed by atoms with van der Waals surface area (Å²) in [5, 5.41) is 7.31. The van der Waals surface area contributed by atoms with Crippen molar-refractivity contribution >= 4 is 10.0 Å². The summed E-state index contributed by atoms with van der Waals surface area (Å²) in [5.41, 5.74) is 0.568. The Morgan fingerprint density at radius 3 is 2.67 bits per heavy atom. The van der Waals surface area contributed by atoms with Crippen LogP contribution in [0.25, 0.3) is 0 Å². The van der Waals surface area contributed by atoms with Crippen molar-refractivity contribution < 1.29 is 17.5 Å². The molecule has 1 N–H and O–H groups in total. The maximum Gasteiger partial charge on any atom is 0.218 e. The van der Waals surface area contributed by atoms with Crippen LogP contribution in [0.4, 0.5) is 4.39 Å². The number of halogens is 1. The van der Waals surface area contributed by atoms with Crippen LogP contribution in [0.2, 0.25) is 0 Å². The van der Waals surface area contributed by atoms with Gasteiger partial charge in [0.15, 0.2) is 5.82 Å². The number of hydrogen-bond donors (Lipinski definition) is 1. The molecule has 4 rings (SSSR count). The van der Waals surface area contributed by atoms with Crippen molar-refractivity contribution in [3.63, 3.8) is 0 Å². The lowest BCUT2D eigenvalue weighted by atomic mass is 9.96. The lowest BCUT2D eigenvalue weighted by molar-refractivity contribution is 0.150. The number of nitrogens with one attached hydrogen (secondary N) is 1. The summed E-state index contributed by atoms with van der Waals surface area (Å²) in [6.45, 7) is 1.17. The minimum absolute atomic E-state index is 0.0120. The number of hydrogen-bond acceptors (Lipinski definition) is 5. The monoisotopic (exact) mass is 394 g/mol. The van der Waals surface area contributed by atoms with Gasteiger partial charge in [-0.2, -0.15) is 5.10 Å². The van der Waals surface area contributed by atoms with Crippen molar-refractivity contribution in [2.75, 3.05) is 26.8 Å². The molecule has 2 fully saturated rings. The van der Waals surface area contributed by atoms with Gasteiger partial charge in [0.05, 0.1) is 12.4 Å². The van der Waals surface area contributed by atoms with Crippen molar-refractivity contribution in [2.45, 2.75) is 30.4 Å². The number of benzene rings is 1. The highest BCUT2D eigenvalue weighted by Crippen LogP contribution is 2.39. The van der Waals surface area contributed by atoms with Gasteiger partial charge in [-0.15, -0.1) is 0 Å². The molecule has 0 unspecified atom stereocenters. The van der Waals surface area contributed by atoms with E-state index in [2.05, 4.69) is 15.2 Å². The number of rotatable bonds is 7. The molecule has 2 atom stereocenters. The van der Waals surface area contributed by atoms with Crippen molar-refractivity contribution in [1.29, 1.82) is 0 Å². The molecule has 2 aliphatic rings. The Bertz CT molecular complexity index is 896. The van der Waals surface area contributed by atoms with E-state index < -0.39 is 10.0 Å². The SMILES string of the molecule is COC[C@@H]1CN(S(=O)(=O)Cc2ccc(F)cc2)C[C@H]1c1nc(C2CC2)n[nH]1. The number of nitrogens with zero attached hydrogens (tertiary/aromatic N) is 3. The standard InChI is InChI=1S/C18H23FN4O3S/c1-26-10-14-8-23(27(24,25)11-12-2-6-15(19)7-3-12)9-16(14)18-20-17(21-22-18)13-4-5-13/h2-3,6-7,13-14,16H,4-5,8-11H2,1H3,(H,20,21,22)/t14-,16+/m0/s1. The molecule has 1 aliphatic heterocycles. The quantitative estimate of drug-likeness (QED) is 0.776. The van der Waals surface area contributed by atoms with Crippen LogP contribution in [0.15, 0.2) is 24.3 Å². The second-order valence-corrected chi connectivity index (χ2v) is 9.34. The van der Waals surface area contributed by atoms with E-state index in [9.17, 15) is 12.8 Å². The van der Waals surface area contributed by atoms with Gasteiger partial charge in [-0.3, -0.25) is 5.10 Å². The Balaban J connectivity index is 1.51. The Kier molecular flexibility index (Phi) is 5.00. The number of aromatic nitrogens is 3. The van der Waals surface area contributed by atoms with Crippen LogP contribution in [0.3, 0.4) is 0 Å². The van der Waals surface area contributed by atoms with E-state index in [1.165, 1.54) is 28.6 Å². The van der Waals surface area contributed by atoms with Crippen molar-refractivity contribution in [1.82, 2.24) is 19.5 Å². The van der Waals surface area contributed by atoms with Crippen molar-refractivity contribution in [2.24, 2.45) is 5.92 Å². The third-order valence-corrected chi connectivity index (χ3v) is 7.04. The van der Waals surface area contributed by atoms with Crippen LogP contribution in [0.1, 0.15) is 41.9 Å². The first kappa shape index (κ1) is 18.5. The van der Waals surface area contributed by atoms with Gasteiger partial charge < -0.3 is 4.74 Å². The van der Waals surface area contributed by atoms with E-state index >= 15 is 0 Å². The first-order valence-electron chi connectivity index (χ1n) is 9.09. The molecule has 0 amide bonds. The first-order chi connectivity index (χ1) is 13.0. The number of aromatic amines is 1. The number of sulfonamides is 1. The van der Waals surface area contributed by atoms with Gasteiger partial charge in [-0.25, -0.2) is 22.1 Å². The zero-order chi connectivity index (χ0) is 19.0. The Labute approximate surface area is 158 Å². The fourth-order valence-corrected chi connectivity index (χ4v) is 5.21. The molecule has 1 aromatic carbocycles. The van der Waals surface area contributed by atoms with Crippen LogP contribution in [-0.4, -0.2) is 54.7 Å². The fraction of sp³-hybridized carbons (Fsp3) is 0.556. The number of ether oxygens (including phenoxy) is 1. The molecular weight excluding hydrogens is 371 g/mol. The third kappa shape index (κ3) is 4.04. The van der Waals surface area contributed by atoms with E-state index in [-0.39, 0.29) is 23.4 Å². The zero-order valence-corrected chi connectivity index (χ0v) is 16.0. The van der Waals surface area contributed by atoms with Crippen LogP contribution in [-0.2, 0) is 20.5 Å². The molecular formula is C18H23FN4O3S. The minimum atomic E-state index is -3.52. The van der Waals surface area contributed by atoms with Gasteiger partial charge in [0.2, 0.25) is 10.0 Å². The first-order valence-corrected chi connectivity index (χ1v) is 10.7. The minimum Gasteiger partial charge on any atom is -0.384 e. The number of H-pyrrole nitrogens is 1. The second kappa shape index (κ2) is 7.29. The molecule has 146 valence electrons. The zero-order valence-electron chi connectivity index (χ0n) is 15.1. The van der Waals surface area contributed by atoms with Gasteiger partial charge in [-0.1, -0.05) is 12.1 Å². The average molecular weight is 394 g/mol. The van der Waals surface area contributed by atoms with Crippen LogP contribution < -0.4 is 0 Å². The molecule has 1 saturated carbocycles. The van der Waals surface area contributed by atoms with Crippen LogP contribution >= 0.6 is 0 Å². The molecule has 0 bridgehead atoms. The summed E-state index contributed by atoms with van der Waals surface area (Å²) >= 11 is 0. The highest BCUT2D eigenvalue weighted by atomic mass is 32.2. The van der Waals surface area contributed by atoms with E-state index in [1.54, 1.807) is 7.11 Å². The molecule has 0 spiro atoms. The van der Waals surface area contributed by atoms with E-state index in [0.29, 0.717) is 31.2 Å². The summed E-state index contributed by atoms with van der Waals surface area (Å²) in [6.07, 6.45) is 2.23. The maximum absolute atomic E-state index is 13.1. The Morgan fingerprint density at radius 2 is 2.00 bits per heavy atom. The Hall–Kier alpha value is -1.84. The average Bonchev–Trinajstić information content (AvgIpc) is 3.20.